The van der Waals surface area contributed by atoms with E-state index in [1.807, 2.05) is 47.0 Å². The highest BCUT2D eigenvalue weighted by Gasteiger charge is 2.35. The van der Waals surface area contributed by atoms with Crippen LogP contribution in [-0.4, -0.2) is 27.7 Å². The maximum atomic E-state index is 13.2. The van der Waals surface area contributed by atoms with Gasteiger partial charge in [-0.2, -0.15) is 0 Å². The van der Waals surface area contributed by atoms with E-state index in [1.165, 1.54) is 0 Å². The molecule has 150 valence electrons. The van der Waals surface area contributed by atoms with Gasteiger partial charge in [0.2, 0.25) is 0 Å². The maximum absolute atomic E-state index is 13.2. The van der Waals surface area contributed by atoms with Crippen molar-refractivity contribution in [3.8, 4) is 11.1 Å². The van der Waals surface area contributed by atoms with Gasteiger partial charge in [0.15, 0.2) is 0 Å². The molecule has 0 saturated carbocycles. The molecule has 5 rings (SSSR count). The minimum absolute atomic E-state index is 0.0719. The average molecular weight is 411 g/mol. The number of rotatable bonds is 4. The third kappa shape index (κ3) is 3.54. The number of piperidine rings is 1. The zero-order valence-corrected chi connectivity index (χ0v) is 16.8. The van der Waals surface area contributed by atoms with Gasteiger partial charge in [-0.15, -0.1) is 0 Å². The van der Waals surface area contributed by atoms with Crippen LogP contribution in [0.3, 0.4) is 0 Å². The van der Waals surface area contributed by atoms with Crippen molar-refractivity contribution >= 4 is 11.6 Å². The quantitative estimate of drug-likeness (QED) is 0.709. The van der Waals surface area contributed by atoms with E-state index in [1.54, 1.807) is 0 Å². The van der Waals surface area contributed by atoms with Gasteiger partial charge in [0.05, 0.1) is 6.54 Å². The molecule has 0 unspecified atom stereocenters. The summed E-state index contributed by atoms with van der Waals surface area (Å²) in [5, 5.41) is 9.87. The summed E-state index contributed by atoms with van der Waals surface area (Å²) in [7, 11) is 0. The van der Waals surface area contributed by atoms with Gasteiger partial charge < -0.3 is 14.1 Å². The maximum Gasteiger partial charge on any atom is 0.258 e. The summed E-state index contributed by atoms with van der Waals surface area (Å²) in [6, 6.07) is 15.3. The SMILES string of the molecule is O=c1c(-c2ccc(Cl)cc2)ccc2n1C[C@@H]1C[C@@H]2CN(Cc2ccc(CO)o2)C1. The number of hydrogen-bond donors (Lipinski definition) is 1. The molecule has 0 radical (unpaired) electrons. The number of aliphatic hydroxyl groups is 1. The Balaban J connectivity index is 1.41. The Kier molecular flexibility index (Phi) is 4.82. The van der Waals surface area contributed by atoms with E-state index in [0.717, 1.165) is 55.2 Å². The molecule has 1 N–H and O–H groups in total. The molecule has 2 aliphatic rings. The first-order chi connectivity index (χ1) is 14.1. The van der Waals surface area contributed by atoms with E-state index in [4.69, 9.17) is 16.0 Å². The predicted molar refractivity (Wildman–Crippen MR) is 112 cm³/mol. The van der Waals surface area contributed by atoms with E-state index >= 15 is 0 Å². The second-order valence-corrected chi connectivity index (χ2v) is 8.55. The van der Waals surface area contributed by atoms with Gasteiger partial charge in [-0.25, -0.2) is 0 Å². The van der Waals surface area contributed by atoms with Crippen LogP contribution in [0.4, 0.5) is 0 Å². The molecule has 2 aliphatic heterocycles. The van der Waals surface area contributed by atoms with Gasteiger partial charge in [-0.3, -0.25) is 9.69 Å². The number of benzene rings is 1. The number of fused-ring (bicyclic) bond motifs is 4. The van der Waals surface area contributed by atoms with Crippen LogP contribution in [0.5, 0.6) is 0 Å². The van der Waals surface area contributed by atoms with Crippen molar-refractivity contribution in [3.05, 3.63) is 81.1 Å². The van der Waals surface area contributed by atoms with Crippen LogP contribution in [0.25, 0.3) is 11.1 Å². The van der Waals surface area contributed by atoms with Crippen LogP contribution in [0.2, 0.25) is 5.02 Å². The molecular weight excluding hydrogens is 388 g/mol. The van der Waals surface area contributed by atoms with Crippen molar-refractivity contribution in [1.82, 2.24) is 9.47 Å². The van der Waals surface area contributed by atoms with E-state index in [2.05, 4.69) is 11.0 Å². The zero-order valence-electron chi connectivity index (χ0n) is 16.1. The zero-order chi connectivity index (χ0) is 20.0. The first kappa shape index (κ1) is 18.7. The molecule has 29 heavy (non-hydrogen) atoms. The number of nitrogens with zero attached hydrogens (tertiary/aromatic N) is 2. The van der Waals surface area contributed by atoms with Gasteiger partial charge >= 0.3 is 0 Å². The summed E-state index contributed by atoms with van der Waals surface area (Å²) >= 11 is 5.99. The summed E-state index contributed by atoms with van der Waals surface area (Å²) in [6.45, 7) is 3.27. The minimum Gasteiger partial charge on any atom is -0.462 e. The van der Waals surface area contributed by atoms with Crippen molar-refractivity contribution in [2.24, 2.45) is 5.92 Å². The lowest BCUT2D eigenvalue weighted by Gasteiger charge is -2.42. The lowest BCUT2D eigenvalue weighted by Crippen LogP contribution is -2.46. The lowest BCUT2D eigenvalue weighted by molar-refractivity contribution is 0.106. The Hall–Kier alpha value is -2.34. The molecule has 2 aromatic heterocycles. The third-order valence-corrected chi connectivity index (χ3v) is 6.34. The topological polar surface area (TPSA) is 58.6 Å². The van der Waals surface area contributed by atoms with E-state index in [0.29, 0.717) is 22.6 Å². The molecule has 2 atom stereocenters. The molecule has 3 aromatic rings. The van der Waals surface area contributed by atoms with Gasteiger partial charge in [-0.1, -0.05) is 23.7 Å². The van der Waals surface area contributed by atoms with E-state index in [-0.39, 0.29) is 12.2 Å². The van der Waals surface area contributed by atoms with Gasteiger partial charge in [-0.05, 0) is 54.3 Å². The van der Waals surface area contributed by atoms with Crippen molar-refractivity contribution in [1.29, 1.82) is 0 Å². The minimum atomic E-state index is -0.0719. The molecule has 2 bridgehead atoms. The number of aliphatic hydroxyl groups excluding tert-OH is 1. The highest BCUT2D eigenvalue weighted by atomic mass is 35.5. The lowest BCUT2D eigenvalue weighted by atomic mass is 9.82. The summed E-state index contributed by atoms with van der Waals surface area (Å²) in [5.74, 6) is 2.28. The Labute approximate surface area is 174 Å². The normalized spacial score (nSPS) is 21.2. The number of hydrogen-bond acceptors (Lipinski definition) is 4. The summed E-state index contributed by atoms with van der Waals surface area (Å²) in [5.41, 5.74) is 2.86. The number of aromatic nitrogens is 1. The fraction of sp³-hybridized carbons (Fsp3) is 0.348. The highest BCUT2D eigenvalue weighted by Crippen LogP contribution is 2.36. The fourth-order valence-corrected chi connectivity index (χ4v) is 4.96. The number of likely N-dealkylation sites (tertiary alicyclic amines) is 1. The molecule has 0 aliphatic carbocycles. The van der Waals surface area contributed by atoms with Crippen molar-refractivity contribution in [3.63, 3.8) is 0 Å². The van der Waals surface area contributed by atoms with Crippen molar-refractivity contribution < 1.29 is 9.52 Å². The monoisotopic (exact) mass is 410 g/mol. The molecular formula is C23H23ClN2O3. The molecule has 6 heteroatoms. The van der Waals surface area contributed by atoms with E-state index < -0.39 is 0 Å². The Morgan fingerprint density at radius 3 is 2.55 bits per heavy atom. The van der Waals surface area contributed by atoms with Crippen molar-refractivity contribution in [2.75, 3.05) is 13.1 Å². The molecule has 5 nitrogen and oxygen atoms in total. The number of furan rings is 1. The number of halogens is 1. The van der Waals surface area contributed by atoms with Crippen LogP contribution in [0, 0.1) is 5.92 Å². The predicted octanol–water partition coefficient (Wildman–Crippen LogP) is 3.87. The third-order valence-electron chi connectivity index (χ3n) is 6.09. The molecule has 4 heterocycles. The summed E-state index contributed by atoms with van der Waals surface area (Å²) in [6.07, 6.45) is 1.12. The highest BCUT2D eigenvalue weighted by molar-refractivity contribution is 6.30. The number of pyridine rings is 1. The average Bonchev–Trinajstić information content (AvgIpc) is 3.17. The first-order valence-corrected chi connectivity index (χ1v) is 10.4. The molecule has 1 fully saturated rings. The van der Waals surface area contributed by atoms with E-state index in [9.17, 15) is 9.90 Å². The van der Waals surface area contributed by atoms with Crippen molar-refractivity contribution in [2.45, 2.75) is 32.0 Å². The molecule has 1 aromatic carbocycles. The van der Waals surface area contributed by atoms with Gasteiger partial charge in [0.1, 0.15) is 18.1 Å². The van der Waals surface area contributed by atoms with Crippen LogP contribution >= 0.6 is 11.6 Å². The Bertz CT molecular complexity index is 1090. The summed E-state index contributed by atoms with van der Waals surface area (Å²) < 4.78 is 7.65. The second kappa shape index (κ2) is 7.48. The van der Waals surface area contributed by atoms with Crippen LogP contribution < -0.4 is 5.56 Å². The van der Waals surface area contributed by atoms with Gasteiger partial charge in [0.25, 0.3) is 5.56 Å². The smallest absolute Gasteiger partial charge is 0.258 e. The molecule has 0 spiro atoms. The Morgan fingerprint density at radius 1 is 1.00 bits per heavy atom. The molecule has 0 amide bonds. The van der Waals surface area contributed by atoms with Crippen LogP contribution in [0.15, 0.2) is 57.7 Å². The largest absolute Gasteiger partial charge is 0.462 e. The Morgan fingerprint density at radius 2 is 1.79 bits per heavy atom. The fourth-order valence-electron chi connectivity index (χ4n) is 4.84. The second-order valence-electron chi connectivity index (χ2n) is 8.11. The molecule has 1 saturated heterocycles. The summed E-state index contributed by atoms with van der Waals surface area (Å²) in [4.78, 5) is 15.6. The standard InChI is InChI=1S/C23H23ClN2O3/c24-18-3-1-16(2-4-18)21-7-8-22-17-9-15(11-26(22)23(21)28)10-25(12-17)13-19-5-6-20(14-27)29-19/h1-8,15,17,27H,9-14H2/t15-,17-/m1/s1. The van der Waals surface area contributed by atoms with Crippen LogP contribution in [-0.2, 0) is 19.7 Å². The van der Waals surface area contributed by atoms with Crippen LogP contribution in [0.1, 0.15) is 29.6 Å². The first-order valence-electron chi connectivity index (χ1n) is 10.0. The van der Waals surface area contributed by atoms with Gasteiger partial charge in [0, 0.05) is 41.8 Å².